The van der Waals surface area contributed by atoms with E-state index in [2.05, 4.69) is 0 Å². The number of methoxy groups -OCH3 is 3. The zero-order chi connectivity index (χ0) is 16.8. The van der Waals surface area contributed by atoms with Crippen LogP contribution in [0.15, 0.2) is 42.5 Å². The van der Waals surface area contributed by atoms with Gasteiger partial charge in [0.05, 0.1) is 32.1 Å². The molecule has 0 saturated heterocycles. The predicted molar refractivity (Wildman–Crippen MR) is 93.8 cm³/mol. The first-order chi connectivity index (χ1) is 11.2. The van der Waals surface area contributed by atoms with Gasteiger partial charge in [-0.05, 0) is 11.8 Å². The average Bonchev–Trinajstić information content (AvgIpc) is 2.61. The van der Waals surface area contributed by atoms with Crippen LogP contribution in [0.3, 0.4) is 0 Å². The van der Waals surface area contributed by atoms with E-state index in [0.29, 0.717) is 22.8 Å². The van der Waals surface area contributed by atoms with E-state index < -0.39 is 6.10 Å². The highest BCUT2D eigenvalue weighted by Crippen LogP contribution is 2.46. The van der Waals surface area contributed by atoms with Gasteiger partial charge in [-0.3, -0.25) is 0 Å². The van der Waals surface area contributed by atoms with E-state index in [-0.39, 0.29) is 5.25 Å². The summed E-state index contributed by atoms with van der Waals surface area (Å²) in [5.41, 5.74) is 1.67. The second-order valence-corrected chi connectivity index (χ2v) is 5.94. The standard InChI is InChI=1S/C18H22O4S/c1-20-13-10-14(21-2)16(15(11-13)22-3)17(19)18(23-4)12-8-6-5-7-9-12/h5-11,17-19H,1-4H3/t17-,18+/m1/s1. The molecule has 0 aliphatic heterocycles. The highest BCUT2D eigenvalue weighted by molar-refractivity contribution is 7.98. The van der Waals surface area contributed by atoms with Crippen LogP contribution in [0.1, 0.15) is 22.5 Å². The molecule has 0 saturated carbocycles. The molecule has 2 aromatic carbocycles. The molecule has 0 unspecified atom stereocenters. The molecule has 0 spiro atoms. The van der Waals surface area contributed by atoms with Crippen LogP contribution in [0.5, 0.6) is 17.2 Å². The molecule has 0 aliphatic rings. The molecular weight excluding hydrogens is 312 g/mol. The third-order valence-electron chi connectivity index (χ3n) is 3.72. The van der Waals surface area contributed by atoms with Gasteiger partial charge in [0, 0.05) is 12.1 Å². The molecule has 23 heavy (non-hydrogen) atoms. The zero-order valence-corrected chi connectivity index (χ0v) is 14.6. The molecule has 4 nitrogen and oxygen atoms in total. The number of ether oxygens (including phenoxy) is 3. The maximum absolute atomic E-state index is 11.0. The van der Waals surface area contributed by atoms with Gasteiger partial charge in [-0.2, -0.15) is 11.8 Å². The summed E-state index contributed by atoms with van der Waals surface area (Å²) >= 11 is 1.58. The van der Waals surface area contributed by atoms with Crippen molar-refractivity contribution in [1.82, 2.24) is 0 Å². The van der Waals surface area contributed by atoms with Crippen molar-refractivity contribution in [2.24, 2.45) is 0 Å². The molecule has 0 bridgehead atoms. The van der Waals surface area contributed by atoms with Gasteiger partial charge in [0.25, 0.3) is 0 Å². The number of hydrogen-bond donors (Lipinski definition) is 1. The van der Waals surface area contributed by atoms with E-state index >= 15 is 0 Å². The van der Waals surface area contributed by atoms with Gasteiger partial charge in [-0.15, -0.1) is 0 Å². The number of hydrogen-bond acceptors (Lipinski definition) is 5. The first-order valence-corrected chi connectivity index (χ1v) is 8.50. The number of thioether (sulfide) groups is 1. The Labute approximate surface area is 141 Å². The minimum Gasteiger partial charge on any atom is -0.496 e. The van der Waals surface area contributed by atoms with Gasteiger partial charge in [0.2, 0.25) is 0 Å². The Kier molecular flexibility index (Phi) is 6.19. The van der Waals surface area contributed by atoms with Gasteiger partial charge in [0.1, 0.15) is 23.4 Å². The fourth-order valence-electron chi connectivity index (χ4n) is 2.57. The van der Waals surface area contributed by atoms with Crippen LogP contribution in [0.25, 0.3) is 0 Å². The third-order valence-corrected chi connectivity index (χ3v) is 4.76. The lowest BCUT2D eigenvalue weighted by molar-refractivity contribution is 0.166. The lowest BCUT2D eigenvalue weighted by Crippen LogP contribution is -2.11. The minimum atomic E-state index is -0.775. The van der Waals surface area contributed by atoms with Crippen LogP contribution < -0.4 is 14.2 Å². The van der Waals surface area contributed by atoms with E-state index in [1.807, 2.05) is 36.6 Å². The Morgan fingerprint density at radius 3 is 1.91 bits per heavy atom. The van der Waals surface area contributed by atoms with Gasteiger partial charge >= 0.3 is 0 Å². The van der Waals surface area contributed by atoms with Crippen molar-refractivity contribution in [3.63, 3.8) is 0 Å². The summed E-state index contributed by atoms with van der Waals surface area (Å²) in [6.07, 6.45) is 1.20. The fraction of sp³-hybridized carbons (Fsp3) is 0.333. The molecule has 2 aromatic rings. The Morgan fingerprint density at radius 2 is 1.48 bits per heavy atom. The summed E-state index contributed by atoms with van der Waals surface area (Å²) < 4.78 is 16.2. The molecule has 1 N–H and O–H groups in total. The SMILES string of the molecule is COc1cc(OC)c([C@@H](O)[C@@H](SC)c2ccccc2)c(OC)c1. The summed E-state index contributed by atoms with van der Waals surface area (Å²) in [5.74, 6) is 1.71. The van der Waals surface area contributed by atoms with Crippen molar-refractivity contribution in [2.75, 3.05) is 27.6 Å². The highest BCUT2D eigenvalue weighted by Gasteiger charge is 2.28. The van der Waals surface area contributed by atoms with Crippen LogP contribution in [0.2, 0.25) is 0 Å². The minimum absolute atomic E-state index is 0.132. The lowest BCUT2D eigenvalue weighted by Gasteiger charge is -2.25. The summed E-state index contributed by atoms with van der Waals surface area (Å²) in [7, 11) is 4.72. The number of benzene rings is 2. The van der Waals surface area contributed by atoms with Crippen LogP contribution >= 0.6 is 11.8 Å². The molecule has 124 valence electrons. The molecule has 0 radical (unpaired) electrons. The molecule has 2 atom stereocenters. The number of aliphatic hydroxyl groups excluding tert-OH is 1. The first kappa shape index (κ1) is 17.5. The van der Waals surface area contributed by atoms with Crippen LogP contribution in [-0.4, -0.2) is 32.7 Å². The molecule has 0 aliphatic carbocycles. The normalized spacial score (nSPS) is 13.3. The highest BCUT2D eigenvalue weighted by atomic mass is 32.2. The van der Waals surface area contributed by atoms with Crippen molar-refractivity contribution >= 4 is 11.8 Å². The zero-order valence-electron chi connectivity index (χ0n) is 13.8. The van der Waals surface area contributed by atoms with E-state index in [1.165, 1.54) is 0 Å². The lowest BCUT2D eigenvalue weighted by atomic mass is 9.98. The largest absolute Gasteiger partial charge is 0.496 e. The number of aliphatic hydroxyl groups is 1. The first-order valence-electron chi connectivity index (χ1n) is 7.22. The van der Waals surface area contributed by atoms with Crippen LogP contribution in [0, 0.1) is 0 Å². The van der Waals surface area contributed by atoms with E-state index in [9.17, 15) is 5.11 Å². The summed E-state index contributed by atoms with van der Waals surface area (Å²) in [4.78, 5) is 0. The smallest absolute Gasteiger partial charge is 0.132 e. The molecule has 2 rings (SSSR count). The maximum atomic E-state index is 11.0. The Hall–Kier alpha value is -1.85. The Bertz CT molecular complexity index is 605. The van der Waals surface area contributed by atoms with E-state index in [0.717, 1.165) is 5.56 Å². The van der Waals surface area contributed by atoms with Crippen molar-refractivity contribution < 1.29 is 19.3 Å². The molecule has 0 aromatic heterocycles. The van der Waals surface area contributed by atoms with Crippen molar-refractivity contribution in [3.05, 3.63) is 53.6 Å². The fourth-order valence-corrected chi connectivity index (χ4v) is 3.39. The Balaban J connectivity index is 2.50. The molecular formula is C18H22O4S. The summed E-state index contributed by atoms with van der Waals surface area (Å²) in [5, 5.41) is 10.9. The number of rotatable bonds is 7. The summed E-state index contributed by atoms with van der Waals surface area (Å²) in [6, 6.07) is 13.4. The van der Waals surface area contributed by atoms with Crippen molar-refractivity contribution in [2.45, 2.75) is 11.4 Å². The third kappa shape index (κ3) is 3.74. The van der Waals surface area contributed by atoms with Crippen molar-refractivity contribution in [3.8, 4) is 17.2 Å². The van der Waals surface area contributed by atoms with Gasteiger partial charge in [-0.25, -0.2) is 0 Å². The Morgan fingerprint density at radius 1 is 0.913 bits per heavy atom. The van der Waals surface area contributed by atoms with Gasteiger partial charge in [-0.1, -0.05) is 30.3 Å². The second-order valence-electron chi connectivity index (χ2n) is 4.96. The quantitative estimate of drug-likeness (QED) is 0.833. The average molecular weight is 334 g/mol. The molecule has 0 heterocycles. The maximum Gasteiger partial charge on any atom is 0.132 e. The topological polar surface area (TPSA) is 47.9 Å². The van der Waals surface area contributed by atoms with Crippen LogP contribution in [0.4, 0.5) is 0 Å². The predicted octanol–water partition coefficient (Wildman–Crippen LogP) is 3.85. The molecule has 0 fully saturated rings. The summed E-state index contributed by atoms with van der Waals surface area (Å²) in [6.45, 7) is 0. The van der Waals surface area contributed by atoms with E-state index in [4.69, 9.17) is 14.2 Å². The monoisotopic (exact) mass is 334 g/mol. The van der Waals surface area contributed by atoms with Crippen LogP contribution in [-0.2, 0) is 0 Å². The van der Waals surface area contributed by atoms with Crippen molar-refractivity contribution in [1.29, 1.82) is 0 Å². The van der Waals surface area contributed by atoms with Gasteiger partial charge in [0.15, 0.2) is 0 Å². The van der Waals surface area contributed by atoms with E-state index in [1.54, 1.807) is 45.2 Å². The second kappa shape index (κ2) is 8.13. The molecule has 0 amide bonds. The van der Waals surface area contributed by atoms with Gasteiger partial charge < -0.3 is 19.3 Å². The molecule has 5 heteroatoms.